The molecule has 82 valence electrons. The van der Waals surface area contributed by atoms with Crippen molar-refractivity contribution >= 4 is 5.69 Å². The summed E-state index contributed by atoms with van der Waals surface area (Å²) in [7, 11) is 0. The minimum atomic E-state index is 0.430. The average molecular weight is 208 g/mol. The monoisotopic (exact) mass is 208 g/mol. The summed E-state index contributed by atoms with van der Waals surface area (Å²) in [6.45, 7) is 4.87. The molecule has 1 aliphatic heterocycles. The summed E-state index contributed by atoms with van der Waals surface area (Å²) in [5, 5.41) is 0. The minimum absolute atomic E-state index is 0.430. The van der Waals surface area contributed by atoms with Crippen LogP contribution in [0, 0.1) is 6.92 Å². The number of nitrogens with zero attached hydrogens (tertiary/aromatic N) is 3. The van der Waals surface area contributed by atoms with Crippen LogP contribution in [0.3, 0.4) is 0 Å². The number of hydrogen-bond acceptors (Lipinski definition) is 5. The maximum Gasteiger partial charge on any atom is 0.125 e. The topological polar surface area (TPSA) is 64.3 Å². The standard InChI is InChI=1S/C10H16N4O/c1-8-12-4-9(5-13-8)14(3-2-11)10-6-15-7-10/h4-5,10H,2-3,6-7,11H2,1H3. The molecule has 1 aromatic heterocycles. The van der Waals surface area contributed by atoms with Crippen molar-refractivity contribution in [1.29, 1.82) is 0 Å². The second kappa shape index (κ2) is 4.55. The highest BCUT2D eigenvalue weighted by molar-refractivity contribution is 5.43. The SMILES string of the molecule is Cc1ncc(N(CCN)C2COC2)cn1. The Labute approximate surface area is 89.3 Å². The molecule has 2 rings (SSSR count). The van der Waals surface area contributed by atoms with Crippen LogP contribution >= 0.6 is 0 Å². The Kier molecular flexibility index (Phi) is 3.13. The van der Waals surface area contributed by atoms with Crippen LogP contribution in [-0.4, -0.2) is 42.3 Å². The molecular weight excluding hydrogens is 192 g/mol. The third-order valence-electron chi connectivity index (χ3n) is 2.53. The van der Waals surface area contributed by atoms with E-state index in [9.17, 15) is 0 Å². The van der Waals surface area contributed by atoms with Crippen LogP contribution in [0.25, 0.3) is 0 Å². The highest BCUT2D eigenvalue weighted by Gasteiger charge is 2.25. The van der Waals surface area contributed by atoms with Crippen molar-refractivity contribution < 1.29 is 4.74 Å². The molecular formula is C10H16N4O. The lowest BCUT2D eigenvalue weighted by Crippen LogP contribution is -2.51. The van der Waals surface area contributed by atoms with E-state index in [-0.39, 0.29) is 0 Å². The molecule has 0 atom stereocenters. The van der Waals surface area contributed by atoms with E-state index in [1.165, 1.54) is 0 Å². The van der Waals surface area contributed by atoms with E-state index in [4.69, 9.17) is 10.5 Å². The minimum Gasteiger partial charge on any atom is -0.377 e. The van der Waals surface area contributed by atoms with Gasteiger partial charge >= 0.3 is 0 Å². The molecule has 2 N–H and O–H groups in total. The van der Waals surface area contributed by atoms with Crippen molar-refractivity contribution in [2.75, 3.05) is 31.2 Å². The number of anilines is 1. The molecule has 0 saturated carbocycles. The first-order valence-corrected chi connectivity index (χ1v) is 5.14. The summed E-state index contributed by atoms with van der Waals surface area (Å²) >= 11 is 0. The van der Waals surface area contributed by atoms with Gasteiger partial charge in [-0.2, -0.15) is 0 Å². The largest absolute Gasteiger partial charge is 0.377 e. The van der Waals surface area contributed by atoms with E-state index in [0.717, 1.165) is 31.3 Å². The smallest absolute Gasteiger partial charge is 0.125 e. The number of aryl methyl sites for hydroxylation is 1. The third-order valence-corrected chi connectivity index (χ3v) is 2.53. The van der Waals surface area contributed by atoms with E-state index in [1.54, 1.807) is 0 Å². The van der Waals surface area contributed by atoms with Gasteiger partial charge in [0, 0.05) is 13.1 Å². The van der Waals surface area contributed by atoms with Crippen LogP contribution in [0.5, 0.6) is 0 Å². The zero-order chi connectivity index (χ0) is 10.7. The first kappa shape index (κ1) is 10.3. The molecule has 0 unspecified atom stereocenters. The second-order valence-electron chi connectivity index (χ2n) is 3.66. The summed E-state index contributed by atoms with van der Waals surface area (Å²) in [4.78, 5) is 10.6. The van der Waals surface area contributed by atoms with Crippen LogP contribution in [-0.2, 0) is 4.74 Å². The van der Waals surface area contributed by atoms with Crippen LogP contribution in [0.2, 0.25) is 0 Å². The Morgan fingerprint density at radius 2 is 2.13 bits per heavy atom. The highest BCUT2D eigenvalue weighted by Crippen LogP contribution is 2.18. The lowest BCUT2D eigenvalue weighted by molar-refractivity contribution is 0.00827. The van der Waals surface area contributed by atoms with Crippen molar-refractivity contribution in [3.63, 3.8) is 0 Å². The van der Waals surface area contributed by atoms with Crippen LogP contribution in [0.1, 0.15) is 5.82 Å². The van der Waals surface area contributed by atoms with Gasteiger partial charge in [-0.3, -0.25) is 0 Å². The predicted octanol–water partition coefficient (Wildman–Crippen LogP) is -0.0511. The van der Waals surface area contributed by atoms with Crippen LogP contribution in [0.4, 0.5) is 5.69 Å². The van der Waals surface area contributed by atoms with Gasteiger partial charge in [-0.1, -0.05) is 0 Å². The van der Waals surface area contributed by atoms with E-state index in [1.807, 2.05) is 19.3 Å². The molecule has 0 radical (unpaired) electrons. The Balaban J connectivity index is 2.12. The fraction of sp³-hybridized carbons (Fsp3) is 0.600. The first-order chi connectivity index (χ1) is 7.31. The molecule has 0 aliphatic carbocycles. The maximum atomic E-state index is 5.59. The quantitative estimate of drug-likeness (QED) is 0.751. The van der Waals surface area contributed by atoms with Gasteiger partial charge in [-0.25, -0.2) is 9.97 Å². The number of rotatable bonds is 4. The summed E-state index contributed by atoms with van der Waals surface area (Å²) in [6.07, 6.45) is 3.69. The van der Waals surface area contributed by atoms with Gasteiger partial charge < -0.3 is 15.4 Å². The lowest BCUT2D eigenvalue weighted by Gasteiger charge is -2.38. The van der Waals surface area contributed by atoms with Gasteiger partial charge in [0.1, 0.15) is 5.82 Å². The normalized spacial score (nSPS) is 16.1. The zero-order valence-electron chi connectivity index (χ0n) is 8.89. The molecule has 15 heavy (non-hydrogen) atoms. The summed E-state index contributed by atoms with van der Waals surface area (Å²) in [5.41, 5.74) is 6.62. The van der Waals surface area contributed by atoms with E-state index in [0.29, 0.717) is 12.6 Å². The van der Waals surface area contributed by atoms with Gasteiger partial charge in [-0.15, -0.1) is 0 Å². The molecule has 0 aromatic carbocycles. The van der Waals surface area contributed by atoms with Gasteiger partial charge in [-0.05, 0) is 6.92 Å². The fourth-order valence-corrected chi connectivity index (χ4v) is 1.60. The van der Waals surface area contributed by atoms with Crippen molar-refractivity contribution in [2.24, 2.45) is 5.73 Å². The van der Waals surface area contributed by atoms with Gasteiger partial charge in [0.25, 0.3) is 0 Å². The van der Waals surface area contributed by atoms with Gasteiger partial charge in [0.05, 0.1) is 37.3 Å². The molecule has 0 bridgehead atoms. The van der Waals surface area contributed by atoms with Crippen molar-refractivity contribution in [2.45, 2.75) is 13.0 Å². The number of ether oxygens (including phenoxy) is 1. The zero-order valence-corrected chi connectivity index (χ0v) is 8.89. The number of aromatic nitrogens is 2. The third kappa shape index (κ3) is 2.24. The molecule has 1 saturated heterocycles. The molecule has 5 nitrogen and oxygen atoms in total. The average Bonchev–Trinajstić information content (AvgIpc) is 2.16. The van der Waals surface area contributed by atoms with Crippen molar-refractivity contribution in [1.82, 2.24) is 9.97 Å². The molecule has 0 spiro atoms. The highest BCUT2D eigenvalue weighted by atomic mass is 16.5. The molecule has 1 fully saturated rings. The maximum absolute atomic E-state index is 5.59. The van der Waals surface area contributed by atoms with Crippen molar-refractivity contribution in [3.8, 4) is 0 Å². The molecule has 1 aromatic rings. The molecule has 5 heteroatoms. The Morgan fingerprint density at radius 1 is 1.47 bits per heavy atom. The number of hydrogen-bond donors (Lipinski definition) is 1. The fourth-order valence-electron chi connectivity index (χ4n) is 1.60. The molecule has 2 heterocycles. The second-order valence-corrected chi connectivity index (χ2v) is 3.66. The van der Waals surface area contributed by atoms with Crippen LogP contribution < -0.4 is 10.6 Å². The Morgan fingerprint density at radius 3 is 2.60 bits per heavy atom. The van der Waals surface area contributed by atoms with Gasteiger partial charge in [0.2, 0.25) is 0 Å². The predicted molar refractivity (Wildman–Crippen MR) is 57.8 cm³/mol. The van der Waals surface area contributed by atoms with Crippen molar-refractivity contribution in [3.05, 3.63) is 18.2 Å². The molecule has 0 amide bonds. The summed E-state index contributed by atoms with van der Waals surface area (Å²) in [5.74, 6) is 0.788. The Bertz CT molecular complexity index is 310. The van der Waals surface area contributed by atoms with Gasteiger partial charge in [0.15, 0.2) is 0 Å². The van der Waals surface area contributed by atoms with E-state index < -0.39 is 0 Å². The molecule has 1 aliphatic rings. The van der Waals surface area contributed by atoms with E-state index in [2.05, 4.69) is 14.9 Å². The Hall–Kier alpha value is -1.20. The van der Waals surface area contributed by atoms with Crippen LogP contribution in [0.15, 0.2) is 12.4 Å². The first-order valence-electron chi connectivity index (χ1n) is 5.14. The summed E-state index contributed by atoms with van der Waals surface area (Å²) < 4.78 is 5.18. The van der Waals surface area contributed by atoms with E-state index >= 15 is 0 Å². The lowest BCUT2D eigenvalue weighted by atomic mass is 10.2. The number of nitrogens with two attached hydrogens (primary N) is 1. The summed E-state index contributed by atoms with van der Waals surface area (Å²) in [6, 6.07) is 0.430.